The lowest BCUT2D eigenvalue weighted by Crippen LogP contribution is -2.39. The van der Waals surface area contributed by atoms with Crippen LogP contribution in [0.25, 0.3) is 0 Å². The monoisotopic (exact) mass is 408 g/mol. The summed E-state index contributed by atoms with van der Waals surface area (Å²) in [4.78, 5) is 11.6. The first-order valence-corrected chi connectivity index (χ1v) is 10.2. The number of aryl methyl sites for hydroxylation is 1. The van der Waals surface area contributed by atoms with Crippen molar-refractivity contribution in [2.24, 2.45) is 0 Å². The van der Waals surface area contributed by atoms with E-state index in [9.17, 15) is 17.6 Å². The molecular weight excluding hydrogens is 389 g/mol. The van der Waals surface area contributed by atoms with Crippen molar-refractivity contribution in [3.63, 3.8) is 0 Å². The Labute approximate surface area is 161 Å². The van der Waals surface area contributed by atoms with Gasteiger partial charge in [-0.15, -0.1) is 0 Å². The summed E-state index contributed by atoms with van der Waals surface area (Å²) >= 11 is 0. The van der Waals surface area contributed by atoms with E-state index in [1.807, 2.05) is 0 Å². The minimum atomic E-state index is -3.76. The van der Waals surface area contributed by atoms with Crippen LogP contribution >= 0.6 is 0 Å². The number of nitrogens with one attached hydrogen (secondary N) is 1. The van der Waals surface area contributed by atoms with Gasteiger partial charge in [-0.25, -0.2) is 4.39 Å². The summed E-state index contributed by atoms with van der Waals surface area (Å²) < 4.78 is 47.6. The van der Waals surface area contributed by atoms with Gasteiger partial charge in [0.1, 0.15) is 23.4 Å². The van der Waals surface area contributed by atoms with E-state index in [4.69, 9.17) is 8.92 Å². The number of carbonyl (C=O) groups excluding carboxylic acids is 1. The van der Waals surface area contributed by atoms with E-state index in [2.05, 4.69) is 15.6 Å². The Hall–Kier alpha value is -2.23. The number of hydrogen-bond acceptors (Lipinski definition) is 5. The summed E-state index contributed by atoms with van der Waals surface area (Å²) in [6.07, 6.45) is 0.910. The predicted molar refractivity (Wildman–Crippen MR) is 99.8 cm³/mol. The average Bonchev–Trinajstić information content (AvgIpc) is 2.61. The Balaban J connectivity index is 2.36. The molecule has 0 aliphatic rings. The third-order valence-electron chi connectivity index (χ3n) is 3.75. The van der Waals surface area contributed by atoms with Crippen LogP contribution in [0.2, 0.25) is 0 Å². The van der Waals surface area contributed by atoms with E-state index in [0.717, 1.165) is 6.26 Å². The van der Waals surface area contributed by atoms with Gasteiger partial charge in [-0.1, -0.05) is 12.1 Å². The Bertz CT molecular complexity index is 933. The molecule has 27 heavy (non-hydrogen) atoms. The highest BCUT2D eigenvalue weighted by atomic mass is 32.2. The highest BCUT2D eigenvalue weighted by molar-refractivity contribution is 7.85. The van der Waals surface area contributed by atoms with Crippen LogP contribution in [0.1, 0.15) is 21.5 Å². The molecule has 0 spiro atoms. The van der Waals surface area contributed by atoms with Crippen LogP contribution in [0, 0.1) is 12.7 Å². The minimum absolute atomic E-state index is 0.257. The topological polar surface area (TPSA) is 81.7 Å². The summed E-state index contributed by atoms with van der Waals surface area (Å²) in [5.74, 6) is -0.393. The number of amides is 1. The Morgan fingerprint density at radius 1 is 1.22 bits per heavy atom. The second kappa shape index (κ2) is 8.20. The maximum absolute atomic E-state index is 14.0. The molecule has 3 radical (unpaired) electrons. The third-order valence-corrected chi connectivity index (χ3v) is 4.83. The fourth-order valence-corrected chi connectivity index (χ4v) is 3.06. The van der Waals surface area contributed by atoms with Gasteiger partial charge in [0, 0.05) is 12.6 Å². The zero-order valence-electron chi connectivity index (χ0n) is 15.1. The van der Waals surface area contributed by atoms with Crippen molar-refractivity contribution in [3.8, 4) is 5.75 Å². The van der Waals surface area contributed by atoms with E-state index in [-0.39, 0.29) is 5.91 Å². The fourth-order valence-electron chi connectivity index (χ4n) is 2.23. The largest absolute Gasteiger partial charge is 0.485 e. The van der Waals surface area contributed by atoms with Crippen LogP contribution in [0.15, 0.2) is 42.5 Å². The van der Waals surface area contributed by atoms with Crippen LogP contribution < -0.4 is 10.1 Å². The molecule has 0 bridgehead atoms. The van der Waals surface area contributed by atoms with Gasteiger partial charge in [0.2, 0.25) is 0 Å². The molecule has 6 nitrogen and oxygen atoms in total. The second-order valence-electron chi connectivity index (χ2n) is 5.96. The van der Waals surface area contributed by atoms with Gasteiger partial charge < -0.3 is 10.1 Å². The molecule has 0 saturated heterocycles. The van der Waals surface area contributed by atoms with E-state index in [0.29, 0.717) is 22.4 Å². The van der Waals surface area contributed by atoms with Crippen molar-refractivity contribution in [2.45, 2.75) is 12.1 Å². The van der Waals surface area contributed by atoms with Gasteiger partial charge in [0.05, 0.1) is 16.5 Å². The molecule has 0 heterocycles. The first kappa shape index (κ1) is 21.1. The Morgan fingerprint density at radius 3 is 2.37 bits per heavy atom. The Morgan fingerprint density at radius 2 is 1.85 bits per heavy atom. The highest BCUT2D eigenvalue weighted by Gasteiger charge is 2.32. The lowest BCUT2D eigenvalue weighted by atomic mass is 10.1. The van der Waals surface area contributed by atoms with Gasteiger partial charge in [0.15, 0.2) is 0 Å². The highest BCUT2D eigenvalue weighted by Crippen LogP contribution is 2.28. The first-order valence-electron chi connectivity index (χ1n) is 7.91. The molecule has 1 N–H and O–H groups in total. The minimum Gasteiger partial charge on any atom is -0.485 e. The van der Waals surface area contributed by atoms with Crippen molar-refractivity contribution in [2.75, 3.05) is 19.9 Å². The summed E-state index contributed by atoms with van der Waals surface area (Å²) in [5, 5.41) is 1.04. The zero-order chi connectivity index (χ0) is 20.2. The van der Waals surface area contributed by atoms with Crippen LogP contribution in [0.5, 0.6) is 5.75 Å². The van der Waals surface area contributed by atoms with Gasteiger partial charge in [-0.05, 0) is 48.4 Å². The quantitative estimate of drug-likeness (QED) is 0.559. The molecule has 0 aromatic heterocycles. The molecule has 2 rings (SSSR count). The number of rotatable bonds is 7. The standard InChI is InChI=1S/C18H19FNO5SSi/c1-12-4-7-14(10-16(12)19)18(27,11-24-26(3,22)23)25-15-8-5-13(6-9-15)17(21)20-2/h4-10H,11H2,1-3H3,(H,20,21)/t18-/m1/s1. The molecule has 0 saturated carbocycles. The van der Waals surface area contributed by atoms with Crippen molar-refractivity contribution in [1.82, 2.24) is 5.32 Å². The van der Waals surface area contributed by atoms with Crippen LogP contribution in [0.3, 0.4) is 0 Å². The molecule has 2 aromatic rings. The maximum Gasteiger partial charge on any atom is 0.264 e. The summed E-state index contributed by atoms with van der Waals surface area (Å²) in [5.41, 5.74) is 1.20. The summed E-state index contributed by atoms with van der Waals surface area (Å²) in [6.45, 7) is 1.18. The lowest BCUT2D eigenvalue weighted by molar-refractivity contribution is 0.0926. The Kier molecular flexibility index (Phi) is 6.40. The summed E-state index contributed by atoms with van der Waals surface area (Å²) in [6, 6.07) is 10.6. The smallest absolute Gasteiger partial charge is 0.264 e. The molecule has 1 atom stereocenters. The van der Waals surface area contributed by atoms with E-state index in [1.54, 1.807) is 43.3 Å². The van der Waals surface area contributed by atoms with Gasteiger partial charge in [0.25, 0.3) is 16.0 Å². The van der Waals surface area contributed by atoms with E-state index in [1.165, 1.54) is 13.1 Å². The number of halogens is 1. The molecule has 143 valence electrons. The number of hydrogen-bond donors (Lipinski definition) is 1. The molecular formula is C18H19FNO5SSi. The number of benzene rings is 2. The SMILES string of the molecule is CNC(=O)c1ccc(O[C@@]([Si])(COS(C)(=O)=O)c2ccc(C)c(F)c2)cc1. The second-order valence-corrected chi connectivity index (χ2v) is 8.41. The molecule has 1 amide bonds. The maximum atomic E-state index is 14.0. The molecule has 0 aliphatic heterocycles. The van der Waals surface area contributed by atoms with Gasteiger partial charge in [-0.3, -0.25) is 8.98 Å². The van der Waals surface area contributed by atoms with E-state index < -0.39 is 27.8 Å². The number of ether oxygens (including phenoxy) is 1. The average molecular weight is 409 g/mol. The van der Waals surface area contributed by atoms with Crippen molar-refractivity contribution >= 4 is 26.3 Å². The lowest BCUT2D eigenvalue weighted by Gasteiger charge is -2.31. The molecule has 2 aromatic carbocycles. The van der Waals surface area contributed by atoms with Crippen molar-refractivity contribution < 1.29 is 26.5 Å². The first-order chi connectivity index (χ1) is 12.5. The molecule has 0 unspecified atom stereocenters. The van der Waals surface area contributed by atoms with Crippen LogP contribution in [-0.4, -0.2) is 44.5 Å². The fraction of sp³-hybridized carbons (Fsp3) is 0.278. The van der Waals surface area contributed by atoms with Crippen LogP contribution in [-0.2, 0) is 19.5 Å². The predicted octanol–water partition coefficient (Wildman–Crippen LogP) is 1.87. The van der Waals surface area contributed by atoms with E-state index >= 15 is 0 Å². The van der Waals surface area contributed by atoms with Crippen LogP contribution in [0.4, 0.5) is 4.39 Å². The zero-order valence-corrected chi connectivity index (χ0v) is 16.9. The molecule has 0 aliphatic carbocycles. The van der Waals surface area contributed by atoms with Gasteiger partial charge in [-0.2, -0.15) is 8.42 Å². The normalized spacial score (nSPS) is 13.7. The van der Waals surface area contributed by atoms with Crippen molar-refractivity contribution in [1.29, 1.82) is 0 Å². The third kappa shape index (κ3) is 5.62. The van der Waals surface area contributed by atoms with Crippen molar-refractivity contribution in [3.05, 3.63) is 65.0 Å². The molecule has 9 heteroatoms. The van der Waals surface area contributed by atoms with Gasteiger partial charge >= 0.3 is 0 Å². The molecule has 0 fully saturated rings. The number of carbonyl (C=O) groups is 1. The summed E-state index contributed by atoms with van der Waals surface area (Å²) in [7, 11) is 1.17.